The largest absolute Gasteiger partial charge is 0.481 e. The standard InChI is InChI=1S/C28H40N4O4/c1-2-3-4-5-6-7-8-9-10-11-12-23-15-18-26(27(21-23)32(35)36)31-30-22-24-13-16-25(17-14-24)29-20-19-28(33)34/h13-18,21,29H,2-12,19-20,22H2,1H3,(H,33,34). The number of anilines is 1. The zero-order valence-corrected chi connectivity index (χ0v) is 21.5. The molecule has 0 saturated carbocycles. The number of azo groups is 1. The second-order valence-corrected chi connectivity index (χ2v) is 9.18. The third-order valence-corrected chi connectivity index (χ3v) is 6.11. The summed E-state index contributed by atoms with van der Waals surface area (Å²) in [6, 6.07) is 12.6. The first kappa shape index (κ1) is 28.9. The third kappa shape index (κ3) is 11.9. The summed E-state index contributed by atoms with van der Waals surface area (Å²) in [7, 11) is 0. The molecule has 0 spiro atoms. The molecule has 8 nitrogen and oxygen atoms in total. The predicted octanol–water partition coefficient (Wildman–Crippen LogP) is 8.23. The molecule has 36 heavy (non-hydrogen) atoms. The Bertz CT molecular complexity index is 961. The number of benzene rings is 2. The summed E-state index contributed by atoms with van der Waals surface area (Å²) in [5.41, 5.74) is 2.94. The van der Waals surface area contributed by atoms with Gasteiger partial charge in [0.1, 0.15) is 0 Å². The number of carboxylic acids is 1. The van der Waals surface area contributed by atoms with E-state index in [1.807, 2.05) is 30.3 Å². The van der Waals surface area contributed by atoms with E-state index in [4.69, 9.17) is 5.11 Å². The van der Waals surface area contributed by atoms with Crippen LogP contribution in [0, 0.1) is 10.1 Å². The number of aryl methyl sites for hydroxylation is 1. The minimum absolute atomic E-state index is 0.0127. The van der Waals surface area contributed by atoms with Crippen LogP contribution < -0.4 is 5.32 Å². The lowest BCUT2D eigenvalue weighted by Crippen LogP contribution is -2.07. The van der Waals surface area contributed by atoms with Crippen molar-refractivity contribution in [1.29, 1.82) is 0 Å². The van der Waals surface area contributed by atoms with Crippen LogP contribution in [0.4, 0.5) is 17.1 Å². The minimum Gasteiger partial charge on any atom is -0.481 e. The topological polar surface area (TPSA) is 117 Å². The van der Waals surface area contributed by atoms with Gasteiger partial charge in [-0.2, -0.15) is 5.11 Å². The van der Waals surface area contributed by atoms with E-state index in [0.717, 1.165) is 36.1 Å². The van der Waals surface area contributed by atoms with Crippen molar-refractivity contribution in [3.63, 3.8) is 0 Å². The second kappa shape index (κ2) is 17.2. The molecule has 0 aromatic heterocycles. The molecule has 0 radical (unpaired) electrons. The summed E-state index contributed by atoms with van der Waals surface area (Å²) < 4.78 is 0. The van der Waals surface area contributed by atoms with Gasteiger partial charge in [0.25, 0.3) is 5.69 Å². The number of unbranched alkanes of at least 4 members (excludes halogenated alkanes) is 9. The highest BCUT2D eigenvalue weighted by molar-refractivity contribution is 5.67. The van der Waals surface area contributed by atoms with Gasteiger partial charge in [0.05, 0.1) is 17.9 Å². The Morgan fingerprint density at radius 1 is 0.917 bits per heavy atom. The van der Waals surface area contributed by atoms with Gasteiger partial charge in [-0.1, -0.05) is 82.9 Å². The van der Waals surface area contributed by atoms with E-state index in [-0.39, 0.29) is 17.8 Å². The monoisotopic (exact) mass is 496 g/mol. The molecule has 0 aliphatic heterocycles. The van der Waals surface area contributed by atoms with Crippen LogP contribution in [0.5, 0.6) is 0 Å². The van der Waals surface area contributed by atoms with Gasteiger partial charge in [-0.15, -0.1) is 5.11 Å². The molecule has 0 fully saturated rings. The first-order chi connectivity index (χ1) is 17.5. The fraction of sp³-hybridized carbons (Fsp3) is 0.536. The van der Waals surface area contributed by atoms with Crippen molar-refractivity contribution in [3.8, 4) is 0 Å². The lowest BCUT2D eigenvalue weighted by atomic mass is 10.0. The summed E-state index contributed by atoms with van der Waals surface area (Å²) in [5, 5.41) is 31.6. The number of carbonyl (C=O) groups is 1. The van der Waals surface area contributed by atoms with E-state index in [9.17, 15) is 14.9 Å². The number of nitro benzene ring substituents is 1. The fourth-order valence-corrected chi connectivity index (χ4v) is 4.01. The molecule has 0 bridgehead atoms. The molecule has 0 aliphatic rings. The lowest BCUT2D eigenvalue weighted by molar-refractivity contribution is -0.384. The molecule has 2 rings (SSSR count). The molecular formula is C28H40N4O4. The molecular weight excluding hydrogens is 456 g/mol. The molecule has 0 unspecified atom stereocenters. The van der Waals surface area contributed by atoms with Crippen molar-refractivity contribution in [2.45, 2.75) is 90.5 Å². The van der Waals surface area contributed by atoms with Crippen molar-refractivity contribution >= 4 is 23.0 Å². The van der Waals surface area contributed by atoms with Crippen LogP contribution in [-0.4, -0.2) is 22.5 Å². The van der Waals surface area contributed by atoms with E-state index >= 15 is 0 Å². The molecule has 2 aromatic carbocycles. The zero-order valence-electron chi connectivity index (χ0n) is 21.5. The molecule has 0 heterocycles. The lowest BCUT2D eigenvalue weighted by Gasteiger charge is -2.05. The summed E-state index contributed by atoms with van der Waals surface area (Å²) in [5.74, 6) is -0.847. The van der Waals surface area contributed by atoms with Gasteiger partial charge in [0, 0.05) is 18.3 Å². The number of nitro groups is 1. The maximum atomic E-state index is 11.6. The first-order valence-electron chi connectivity index (χ1n) is 13.2. The number of carboxylic acid groups (broad SMARTS) is 1. The number of hydrogen-bond acceptors (Lipinski definition) is 6. The van der Waals surface area contributed by atoms with E-state index in [1.165, 1.54) is 51.4 Å². The van der Waals surface area contributed by atoms with Crippen molar-refractivity contribution < 1.29 is 14.8 Å². The highest BCUT2D eigenvalue weighted by atomic mass is 16.6. The summed E-state index contributed by atoms with van der Waals surface area (Å²) >= 11 is 0. The van der Waals surface area contributed by atoms with Gasteiger partial charge in [0.15, 0.2) is 5.69 Å². The Balaban J connectivity index is 1.77. The average Bonchev–Trinajstić information content (AvgIpc) is 2.86. The summed E-state index contributed by atoms with van der Waals surface area (Å²) in [6.45, 7) is 2.89. The van der Waals surface area contributed by atoms with E-state index in [0.29, 0.717) is 13.1 Å². The molecule has 8 heteroatoms. The van der Waals surface area contributed by atoms with Crippen molar-refractivity contribution in [2.75, 3.05) is 11.9 Å². The van der Waals surface area contributed by atoms with Crippen LogP contribution in [0.15, 0.2) is 52.7 Å². The first-order valence-corrected chi connectivity index (χ1v) is 13.2. The van der Waals surface area contributed by atoms with Gasteiger partial charge >= 0.3 is 5.97 Å². The van der Waals surface area contributed by atoms with Crippen LogP contribution in [0.1, 0.15) is 88.7 Å². The Kier molecular flexibility index (Phi) is 13.8. The number of nitrogens with one attached hydrogen (secondary N) is 1. The van der Waals surface area contributed by atoms with Crippen LogP contribution in [0.25, 0.3) is 0 Å². The highest BCUT2D eigenvalue weighted by Crippen LogP contribution is 2.29. The molecule has 2 aromatic rings. The molecule has 0 atom stereocenters. The van der Waals surface area contributed by atoms with Crippen LogP contribution >= 0.6 is 0 Å². The smallest absolute Gasteiger partial charge is 0.305 e. The van der Waals surface area contributed by atoms with Gasteiger partial charge in [0.2, 0.25) is 0 Å². The Morgan fingerprint density at radius 3 is 2.14 bits per heavy atom. The SMILES string of the molecule is CCCCCCCCCCCCc1ccc(N=NCc2ccc(NCCC(=O)O)cc2)c([N+](=O)[O-])c1. The van der Waals surface area contributed by atoms with E-state index < -0.39 is 10.9 Å². The fourth-order valence-electron chi connectivity index (χ4n) is 4.01. The van der Waals surface area contributed by atoms with Gasteiger partial charge in [-0.05, 0) is 42.2 Å². The molecule has 0 amide bonds. The quantitative estimate of drug-likeness (QED) is 0.0879. The van der Waals surface area contributed by atoms with Crippen LogP contribution in [-0.2, 0) is 17.8 Å². The van der Waals surface area contributed by atoms with Crippen LogP contribution in [0.3, 0.4) is 0 Å². The second-order valence-electron chi connectivity index (χ2n) is 9.18. The number of nitrogens with zero attached hydrogens (tertiary/aromatic N) is 3. The van der Waals surface area contributed by atoms with Crippen molar-refractivity contribution in [1.82, 2.24) is 0 Å². The van der Waals surface area contributed by atoms with Crippen molar-refractivity contribution in [3.05, 3.63) is 63.7 Å². The summed E-state index contributed by atoms with van der Waals surface area (Å²) in [4.78, 5) is 21.8. The maximum absolute atomic E-state index is 11.6. The molecule has 0 aliphatic carbocycles. The minimum atomic E-state index is -0.847. The van der Waals surface area contributed by atoms with E-state index in [2.05, 4.69) is 22.5 Å². The molecule has 0 saturated heterocycles. The maximum Gasteiger partial charge on any atom is 0.305 e. The zero-order chi connectivity index (χ0) is 26.0. The Morgan fingerprint density at radius 2 is 1.53 bits per heavy atom. The summed E-state index contributed by atoms with van der Waals surface area (Å²) in [6.07, 6.45) is 13.5. The Labute approximate surface area is 214 Å². The number of rotatable bonds is 19. The van der Waals surface area contributed by atoms with E-state index in [1.54, 1.807) is 12.1 Å². The Hall–Kier alpha value is -3.29. The number of hydrogen-bond donors (Lipinski definition) is 2. The van der Waals surface area contributed by atoms with Gasteiger partial charge in [-0.3, -0.25) is 14.9 Å². The highest BCUT2D eigenvalue weighted by Gasteiger charge is 2.14. The number of aliphatic carboxylic acids is 1. The van der Waals surface area contributed by atoms with Gasteiger partial charge in [-0.25, -0.2) is 0 Å². The average molecular weight is 497 g/mol. The normalized spacial score (nSPS) is 11.1. The third-order valence-electron chi connectivity index (χ3n) is 6.11. The predicted molar refractivity (Wildman–Crippen MR) is 144 cm³/mol. The van der Waals surface area contributed by atoms with Gasteiger partial charge < -0.3 is 10.4 Å². The molecule has 196 valence electrons. The molecule has 2 N–H and O–H groups in total. The van der Waals surface area contributed by atoms with Crippen LogP contribution in [0.2, 0.25) is 0 Å². The van der Waals surface area contributed by atoms with Crippen molar-refractivity contribution in [2.24, 2.45) is 10.2 Å².